The highest BCUT2D eigenvalue weighted by atomic mass is 32.2. The summed E-state index contributed by atoms with van der Waals surface area (Å²) in [6.45, 7) is 0. The lowest BCUT2D eigenvalue weighted by molar-refractivity contribution is -0.660. The van der Waals surface area contributed by atoms with Crippen molar-refractivity contribution in [3.63, 3.8) is 0 Å². The maximum Gasteiger partial charge on any atom is 0.244 e. The van der Waals surface area contributed by atoms with E-state index in [-0.39, 0.29) is 0 Å². The number of imidazole rings is 1. The van der Waals surface area contributed by atoms with Gasteiger partial charge in [-0.15, -0.1) is 0 Å². The Labute approximate surface area is 142 Å². The van der Waals surface area contributed by atoms with Crippen molar-refractivity contribution in [3.05, 3.63) is 67.0 Å². The molecule has 0 atom stereocenters. The Kier molecular flexibility index (Phi) is 5.54. The normalized spacial score (nSPS) is 10.8. The molecule has 2 aromatic carbocycles. The van der Waals surface area contributed by atoms with Crippen LogP contribution in [0.25, 0.3) is 22.5 Å². The smallest absolute Gasteiger partial charge is 0.244 e. The number of hydrogen-bond donors (Lipinski definition) is 0. The van der Waals surface area contributed by atoms with Crippen LogP contribution in [0.15, 0.2) is 67.0 Å². The van der Waals surface area contributed by atoms with Crippen molar-refractivity contribution in [1.29, 1.82) is 0 Å². The zero-order chi connectivity index (χ0) is 17.7. The second-order valence-electron chi connectivity index (χ2n) is 5.47. The molecule has 24 heavy (non-hydrogen) atoms. The van der Waals surface area contributed by atoms with Crippen LogP contribution in [0, 0.1) is 0 Å². The lowest BCUT2D eigenvalue weighted by atomic mass is 10.0. The topological polar surface area (TPSA) is 66.0 Å². The molecule has 0 spiro atoms. The molecule has 126 valence electrons. The second kappa shape index (κ2) is 7.42. The van der Waals surface area contributed by atoms with E-state index in [9.17, 15) is 0 Å². The van der Waals surface area contributed by atoms with Crippen LogP contribution in [0.4, 0.5) is 0 Å². The molecule has 0 aliphatic rings. The summed E-state index contributed by atoms with van der Waals surface area (Å²) in [7, 11) is 0.267. The van der Waals surface area contributed by atoms with Crippen LogP contribution in [0.2, 0.25) is 0 Å². The van der Waals surface area contributed by atoms with E-state index in [1.165, 1.54) is 22.5 Å². The summed E-state index contributed by atoms with van der Waals surface area (Å²) in [4.78, 5) is 0. The molecule has 0 bridgehead atoms. The fraction of sp³-hybridized carbons (Fsp3) is 0.167. The van der Waals surface area contributed by atoms with Gasteiger partial charge in [-0.3, -0.25) is 0 Å². The minimum absolute atomic E-state index is 0.604. The van der Waals surface area contributed by atoms with Crippen LogP contribution in [-0.4, -0.2) is 23.8 Å². The first kappa shape index (κ1) is 17.9. The molecular formula is C18H20N2O3S. The number of aromatic nitrogens is 2. The van der Waals surface area contributed by atoms with Gasteiger partial charge in [0.25, 0.3) is 0 Å². The molecule has 1 aromatic heterocycles. The first-order valence-corrected chi connectivity index (χ1v) is 9.15. The van der Waals surface area contributed by atoms with Crippen LogP contribution < -0.4 is 4.57 Å². The molecule has 0 N–H and O–H groups in total. The van der Waals surface area contributed by atoms with Crippen molar-refractivity contribution in [2.75, 3.05) is 6.26 Å². The molecular weight excluding hydrogens is 324 g/mol. The number of aryl methyl sites for hydroxylation is 2. The van der Waals surface area contributed by atoms with Gasteiger partial charge in [-0.2, -0.15) is 0 Å². The van der Waals surface area contributed by atoms with Crippen molar-refractivity contribution < 1.29 is 17.5 Å². The van der Waals surface area contributed by atoms with Gasteiger partial charge in [0.05, 0.1) is 24.2 Å². The highest BCUT2D eigenvalue weighted by Gasteiger charge is 2.21. The Bertz CT molecular complexity index is 834. The Morgan fingerprint density at radius 1 is 0.917 bits per heavy atom. The van der Waals surface area contributed by atoms with Gasteiger partial charge in [0.15, 0.2) is 11.4 Å². The van der Waals surface area contributed by atoms with E-state index in [0.29, 0.717) is 6.26 Å². The third kappa shape index (κ3) is 4.78. The molecule has 0 radical (unpaired) electrons. The van der Waals surface area contributed by atoms with Gasteiger partial charge in [-0.25, -0.2) is 17.6 Å². The minimum atomic E-state index is -3.92. The van der Waals surface area contributed by atoms with Gasteiger partial charge in [-0.1, -0.05) is 60.7 Å². The molecule has 0 aliphatic heterocycles. The van der Waals surface area contributed by atoms with Gasteiger partial charge in [-0.05, 0) is 0 Å². The fourth-order valence-electron chi connectivity index (χ4n) is 2.58. The van der Waals surface area contributed by atoms with E-state index >= 15 is 0 Å². The van der Waals surface area contributed by atoms with E-state index in [1.807, 2.05) is 0 Å². The summed E-state index contributed by atoms with van der Waals surface area (Å²) >= 11 is 0. The van der Waals surface area contributed by atoms with Crippen LogP contribution in [0.1, 0.15) is 0 Å². The van der Waals surface area contributed by atoms with Crippen molar-refractivity contribution in [2.45, 2.75) is 0 Å². The van der Waals surface area contributed by atoms with Crippen molar-refractivity contribution in [1.82, 2.24) is 4.57 Å². The Morgan fingerprint density at radius 3 is 1.79 bits per heavy atom. The lowest BCUT2D eigenvalue weighted by Crippen LogP contribution is -2.27. The Hall–Kier alpha value is -2.44. The van der Waals surface area contributed by atoms with E-state index in [1.54, 1.807) is 0 Å². The average Bonchev–Trinajstić information content (AvgIpc) is 2.82. The number of nitrogens with zero attached hydrogens (tertiary/aromatic N) is 2. The molecule has 0 saturated heterocycles. The molecule has 3 rings (SSSR count). The fourth-order valence-corrected chi connectivity index (χ4v) is 2.58. The van der Waals surface area contributed by atoms with E-state index in [4.69, 9.17) is 13.0 Å². The molecule has 1 heterocycles. The van der Waals surface area contributed by atoms with Gasteiger partial charge < -0.3 is 4.55 Å². The number of benzene rings is 2. The van der Waals surface area contributed by atoms with Gasteiger partial charge >= 0.3 is 0 Å². The first-order chi connectivity index (χ1) is 11.3. The predicted octanol–water partition coefficient (Wildman–Crippen LogP) is 2.35. The quantitative estimate of drug-likeness (QED) is 0.529. The number of rotatable bonds is 2. The van der Waals surface area contributed by atoms with E-state index in [0.717, 1.165) is 0 Å². The Balaban J connectivity index is 0.000000368. The highest BCUT2D eigenvalue weighted by molar-refractivity contribution is 7.84. The maximum atomic E-state index is 9.08. The van der Waals surface area contributed by atoms with Crippen LogP contribution in [-0.2, 0) is 24.2 Å². The zero-order valence-electron chi connectivity index (χ0n) is 13.9. The zero-order valence-corrected chi connectivity index (χ0v) is 14.7. The molecule has 0 aliphatic carbocycles. The van der Waals surface area contributed by atoms with Crippen molar-refractivity contribution in [2.24, 2.45) is 14.1 Å². The monoisotopic (exact) mass is 344 g/mol. The third-order valence-corrected chi connectivity index (χ3v) is 3.37. The summed E-state index contributed by atoms with van der Waals surface area (Å²) in [6.07, 6.45) is 2.72. The summed E-state index contributed by atoms with van der Waals surface area (Å²) in [5, 5.41) is 0. The molecule has 3 aromatic rings. The molecule has 0 saturated carbocycles. The SMILES string of the molecule is CS(=O)(=O)[O-].Cn1c[n+](C)c(-c2ccccc2)c1-c1ccccc1. The van der Waals surface area contributed by atoms with Crippen LogP contribution in [0.3, 0.4) is 0 Å². The second-order valence-corrected chi connectivity index (χ2v) is 6.88. The van der Waals surface area contributed by atoms with Gasteiger partial charge in [0, 0.05) is 17.4 Å². The molecule has 6 heteroatoms. The molecule has 0 fully saturated rings. The number of hydrogen-bond acceptors (Lipinski definition) is 3. The highest BCUT2D eigenvalue weighted by Crippen LogP contribution is 2.28. The summed E-state index contributed by atoms with van der Waals surface area (Å²) in [6, 6.07) is 21.0. The Morgan fingerprint density at radius 2 is 1.33 bits per heavy atom. The summed E-state index contributed by atoms with van der Waals surface area (Å²) in [5.41, 5.74) is 4.97. The lowest BCUT2D eigenvalue weighted by Gasteiger charge is -2.02. The standard InChI is InChI=1S/C17H17N2.CH4O3S/c1-18-13-19(2)17(15-11-7-4-8-12-15)16(18)14-9-5-3-6-10-14;1-5(2,3)4/h3-13H,1-2H3;1H3,(H,2,3,4)/q+1;/p-1. The van der Waals surface area contributed by atoms with Crippen molar-refractivity contribution >= 4 is 10.1 Å². The maximum absolute atomic E-state index is 9.08. The predicted molar refractivity (Wildman–Crippen MR) is 93.1 cm³/mol. The van der Waals surface area contributed by atoms with Gasteiger partial charge in [0.1, 0.15) is 0 Å². The average molecular weight is 344 g/mol. The summed E-state index contributed by atoms with van der Waals surface area (Å²) in [5.74, 6) is 0. The van der Waals surface area contributed by atoms with Gasteiger partial charge in [0.2, 0.25) is 6.33 Å². The largest absolute Gasteiger partial charge is 0.748 e. The van der Waals surface area contributed by atoms with E-state index < -0.39 is 10.1 Å². The summed E-state index contributed by atoms with van der Waals surface area (Å²) < 4.78 is 31.6. The van der Waals surface area contributed by atoms with Crippen LogP contribution in [0.5, 0.6) is 0 Å². The third-order valence-electron chi connectivity index (χ3n) is 3.37. The van der Waals surface area contributed by atoms with Crippen molar-refractivity contribution in [3.8, 4) is 22.5 Å². The molecule has 0 unspecified atom stereocenters. The molecule has 0 amide bonds. The first-order valence-electron chi connectivity index (χ1n) is 7.34. The minimum Gasteiger partial charge on any atom is -0.748 e. The van der Waals surface area contributed by atoms with E-state index in [2.05, 4.69) is 90.2 Å². The van der Waals surface area contributed by atoms with Crippen LogP contribution >= 0.6 is 0 Å². The molecule has 5 nitrogen and oxygen atoms in total.